The zero-order valence-corrected chi connectivity index (χ0v) is 14.4. The van der Waals surface area contributed by atoms with Gasteiger partial charge in [-0.3, -0.25) is 4.79 Å². The molecule has 116 valence electrons. The van der Waals surface area contributed by atoms with E-state index >= 15 is 0 Å². The largest absolute Gasteiger partial charge is 0.492 e. The summed E-state index contributed by atoms with van der Waals surface area (Å²) in [5, 5.41) is 2.87. The Bertz CT molecular complexity index is 626. The van der Waals surface area contributed by atoms with Gasteiger partial charge in [0.15, 0.2) is 0 Å². The van der Waals surface area contributed by atoms with Gasteiger partial charge in [-0.25, -0.2) is 0 Å². The second-order valence-corrected chi connectivity index (χ2v) is 6.21. The lowest BCUT2D eigenvalue weighted by Crippen LogP contribution is -2.30. The van der Waals surface area contributed by atoms with Crippen molar-refractivity contribution in [2.75, 3.05) is 6.61 Å². The van der Waals surface area contributed by atoms with E-state index in [1.165, 1.54) is 5.56 Å². The minimum atomic E-state index is -0.0773. The summed E-state index contributed by atoms with van der Waals surface area (Å²) < 4.78 is 6.57. The molecule has 0 radical (unpaired) electrons. The Kier molecular flexibility index (Phi) is 6.01. The molecule has 4 heteroatoms. The molecular weight excluding hydrogens is 342 g/mol. The number of rotatable bonds is 6. The summed E-state index contributed by atoms with van der Waals surface area (Å²) in [6, 6.07) is 15.7. The van der Waals surface area contributed by atoms with Gasteiger partial charge in [0.25, 0.3) is 5.91 Å². The van der Waals surface area contributed by atoms with Crippen molar-refractivity contribution in [3.63, 3.8) is 0 Å². The van der Waals surface area contributed by atoms with Gasteiger partial charge >= 0.3 is 0 Å². The van der Waals surface area contributed by atoms with E-state index in [1.807, 2.05) is 38.1 Å². The molecule has 0 atom stereocenters. The van der Waals surface area contributed by atoms with Gasteiger partial charge in [-0.05, 0) is 53.5 Å². The Balaban J connectivity index is 1.94. The van der Waals surface area contributed by atoms with E-state index in [2.05, 4.69) is 33.4 Å². The number of amides is 1. The fourth-order valence-corrected chi connectivity index (χ4v) is 2.52. The first-order valence-electron chi connectivity index (χ1n) is 7.33. The maximum Gasteiger partial charge on any atom is 0.251 e. The Morgan fingerprint density at radius 2 is 1.91 bits per heavy atom. The normalized spacial score (nSPS) is 10.5. The molecule has 0 saturated carbocycles. The maximum atomic E-state index is 11.9. The zero-order chi connectivity index (χ0) is 15.9. The molecule has 0 unspecified atom stereocenters. The molecule has 2 rings (SSSR count). The first kappa shape index (κ1) is 16.6. The lowest BCUT2D eigenvalue weighted by Gasteiger charge is -2.11. The topological polar surface area (TPSA) is 38.3 Å². The van der Waals surface area contributed by atoms with E-state index in [0.29, 0.717) is 12.2 Å². The molecule has 0 spiro atoms. The van der Waals surface area contributed by atoms with Crippen LogP contribution in [0.1, 0.15) is 29.8 Å². The molecule has 0 saturated heterocycles. The molecule has 0 aliphatic carbocycles. The number of hydrogen-bond donors (Lipinski definition) is 1. The number of halogens is 1. The van der Waals surface area contributed by atoms with Crippen LogP contribution >= 0.6 is 15.9 Å². The first-order chi connectivity index (χ1) is 10.6. The summed E-state index contributed by atoms with van der Waals surface area (Å²) in [7, 11) is 0. The van der Waals surface area contributed by atoms with Gasteiger partial charge in [0.1, 0.15) is 5.75 Å². The van der Waals surface area contributed by atoms with Crippen LogP contribution in [0.4, 0.5) is 0 Å². The van der Waals surface area contributed by atoms with Crippen LogP contribution in [0.2, 0.25) is 0 Å². The third-order valence-corrected chi connectivity index (χ3v) is 3.72. The second kappa shape index (κ2) is 7.99. The van der Waals surface area contributed by atoms with Crippen molar-refractivity contribution in [3.05, 3.63) is 64.1 Å². The molecule has 0 fully saturated rings. The number of benzene rings is 2. The molecule has 22 heavy (non-hydrogen) atoms. The van der Waals surface area contributed by atoms with Crippen molar-refractivity contribution in [2.45, 2.75) is 26.3 Å². The predicted molar refractivity (Wildman–Crippen MR) is 92.4 cm³/mol. The summed E-state index contributed by atoms with van der Waals surface area (Å²) in [5.41, 5.74) is 1.86. The van der Waals surface area contributed by atoms with Gasteiger partial charge in [0, 0.05) is 18.0 Å². The highest BCUT2D eigenvalue weighted by Crippen LogP contribution is 2.26. The van der Waals surface area contributed by atoms with Crippen LogP contribution in [0.5, 0.6) is 5.75 Å². The van der Waals surface area contributed by atoms with Crippen LogP contribution in [0.25, 0.3) is 0 Å². The van der Waals surface area contributed by atoms with Crippen molar-refractivity contribution in [1.82, 2.24) is 5.32 Å². The number of hydrogen-bond acceptors (Lipinski definition) is 2. The number of carbonyl (C=O) groups excluding carboxylic acids is 1. The lowest BCUT2D eigenvalue weighted by atomic mass is 10.1. The average molecular weight is 362 g/mol. The first-order valence-corrected chi connectivity index (χ1v) is 8.12. The second-order valence-electron chi connectivity index (χ2n) is 5.36. The summed E-state index contributed by atoms with van der Waals surface area (Å²) in [6.45, 7) is 4.47. The molecule has 2 aromatic rings. The molecule has 3 nitrogen and oxygen atoms in total. The average Bonchev–Trinajstić information content (AvgIpc) is 2.49. The molecule has 0 aliphatic heterocycles. The minimum absolute atomic E-state index is 0.0773. The molecule has 2 aromatic carbocycles. The standard InChI is InChI=1S/C18H20BrNO2/c1-13(2)20-18(21)15-8-9-17(16(19)12-15)22-11-10-14-6-4-3-5-7-14/h3-9,12-13H,10-11H2,1-2H3,(H,20,21). The van der Waals surface area contributed by atoms with Crippen LogP contribution in [0, 0.1) is 0 Å². The summed E-state index contributed by atoms with van der Waals surface area (Å²) in [4.78, 5) is 11.9. The highest BCUT2D eigenvalue weighted by molar-refractivity contribution is 9.10. The molecule has 1 amide bonds. The van der Waals surface area contributed by atoms with E-state index in [9.17, 15) is 4.79 Å². The highest BCUT2D eigenvalue weighted by Gasteiger charge is 2.10. The fraction of sp³-hybridized carbons (Fsp3) is 0.278. The van der Waals surface area contributed by atoms with E-state index in [-0.39, 0.29) is 11.9 Å². The molecule has 0 aromatic heterocycles. The lowest BCUT2D eigenvalue weighted by molar-refractivity contribution is 0.0943. The maximum absolute atomic E-state index is 11.9. The number of ether oxygens (including phenoxy) is 1. The van der Waals surface area contributed by atoms with Crippen molar-refractivity contribution in [3.8, 4) is 5.75 Å². The molecule has 0 heterocycles. The molecule has 0 aliphatic rings. The third kappa shape index (κ3) is 4.88. The predicted octanol–water partition coefficient (Wildman–Crippen LogP) is 4.21. The SMILES string of the molecule is CC(C)NC(=O)c1ccc(OCCc2ccccc2)c(Br)c1. The summed E-state index contributed by atoms with van der Waals surface area (Å²) in [6.07, 6.45) is 0.850. The van der Waals surface area contributed by atoms with E-state index in [4.69, 9.17) is 4.74 Å². The van der Waals surface area contributed by atoms with Gasteiger partial charge in [-0.15, -0.1) is 0 Å². The van der Waals surface area contributed by atoms with Gasteiger partial charge < -0.3 is 10.1 Å². The molecular formula is C18H20BrNO2. The Morgan fingerprint density at radius 1 is 1.18 bits per heavy atom. The molecule has 1 N–H and O–H groups in total. The Labute approximate surface area is 139 Å². The van der Waals surface area contributed by atoms with Crippen molar-refractivity contribution in [1.29, 1.82) is 0 Å². The van der Waals surface area contributed by atoms with Crippen molar-refractivity contribution < 1.29 is 9.53 Å². The van der Waals surface area contributed by atoms with E-state index < -0.39 is 0 Å². The fourth-order valence-electron chi connectivity index (χ4n) is 2.03. The monoisotopic (exact) mass is 361 g/mol. The Morgan fingerprint density at radius 3 is 2.55 bits per heavy atom. The quantitative estimate of drug-likeness (QED) is 0.836. The number of carbonyl (C=O) groups is 1. The van der Waals surface area contributed by atoms with E-state index in [1.54, 1.807) is 12.1 Å². The third-order valence-electron chi connectivity index (χ3n) is 3.10. The zero-order valence-electron chi connectivity index (χ0n) is 12.8. The van der Waals surface area contributed by atoms with Gasteiger partial charge in [-0.2, -0.15) is 0 Å². The van der Waals surface area contributed by atoms with Crippen molar-refractivity contribution in [2.24, 2.45) is 0 Å². The Hall–Kier alpha value is -1.81. The van der Waals surface area contributed by atoms with Crippen LogP contribution in [0.15, 0.2) is 53.0 Å². The number of nitrogens with one attached hydrogen (secondary N) is 1. The van der Waals surface area contributed by atoms with Crippen LogP contribution in [-0.4, -0.2) is 18.6 Å². The van der Waals surface area contributed by atoms with Gasteiger partial charge in [0.2, 0.25) is 0 Å². The van der Waals surface area contributed by atoms with Crippen LogP contribution in [-0.2, 0) is 6.42 Å². The summed E-state index contributed by atoms with van der Waals surface area (Å²) in [5.74, 6) is 0.670. The summed E-state index contributed by atoms with van der Waals surface area (Å²) >= 11 is 3.46. The van der Waals surface area contributed by atoms with Crippen LogP contribution in [0.3, 0.4) is 0 Å². The van der Waals surface area contributed by atoms with Crippen LogP contribution < -0.4 is 10.1 Å². The van der Waals surface area contributed by atoms with E-state index in [0.717, 1.165) is 16.6 Å². The van der Waals surface area contributed by atoms with Gasteiger partial charge in [-0.1, -0.05) is 30.3 Å². The molecule has 0 bridgehead atoms. The minimum Gasteiger partial charge on any atom is -0.492 e. The smallest absolute Gasteiger partial charge is 0.251 e. The highest BCUT2D eigenvalue weighted by atomic mass is 79.9. The van der Waals surface area contributed by atoms with Gasteiger partial charge in [0.05, 0.1) is 11.1 Å². The van der Waals surface area contributed by atoms with Crippen molar-refractivity contribution >= 4 is 21.8 Å².